The number of likely N-dealkylation sites (N-methyl/N-ethyl adjacent to an activating group) is 1. The highest BCUT2D eigenvalue weighted by molar-refractivity contribution is 7.98. The second-order valence-electron chi connectivity index (χ2n) is 6.57. The van der Waals surface area contributed by atoms with Crippen LogP contribution >= 0.6 is 11.8 Å². The summed E-state index contributed by atoms with van der Waals surface area (Å²) in [6.45, 7) is 9.38. The highest BCUT2D eigenvalue weighted by atomic mass is 32.2. The Kier molecular flexibility index (Phi) is 6.22. The smallest absolute Gasteiger partial charge is 0.256 e. The molecule has 2 aromatic carbocycles. The number of carbonyl (C=O) groups is 1. The number of aryl methyl sites for hydroxylation is 1. The van der Waals surface area contributed by atoms with Crippen LogP contribution in [0.1, 0.15) is 22.8 Å². The molecule has 0 saturated carbocycles. The summed E-state index contributed by atoms with van der Waals surface area (Å²) in [5.41, 5.74) is 3.73. The Balaban J connectivity index is 1.79. The van der Waals surface area contributed by atoms with E-state index in [-0.39, 0.29) is 5.91 Å². The fourth-order valence-corrected chi connectivity index (χ4v) is 3.76. The lowest BCUT2D eigenvalue weighted by atomic mass is 10.1. The normalized spacial score (nSPS) is 15.1. The molecule has 4 nitrogen and oxygen atoms in total. The number of rotatable bonds is 5. The summed E-state index contributed by atoms with van der Waals surface area (Å²) in [5.74, 6) is -0.0435. The first-order valence-corrected chi connectivity index (χ1v) is 10.4. The molecule has 0 aliphatic carbocycles. The number of nitrogens with zero attached hydrogens (tertiary/aromatic N) is 2. The zero-order valence-electron chi connectivity index (χ0n) is 15.8. The van der Waals surface area contributed by atoms with Crippen LogP contribution in [-0.4, -0.2) is 49.8 Å². The van der Waals surface area contributed by atoms with Gasteiger partial charge in [0.15, 0.2) is 0 Å². The van der Waals surface area contributed by atoms with E-state index in [0.29, 0.717) is 0 Å². The van der Waals surface area contributed by atoms with Crippen molar-refractivity contribution in [3.8, 4) is 0 Å². The molecule has 138 valence electrons. The van der Waals surface area contributed by atoms with Gasteiger partial charge < -0.3 is 15.1 Å². The number of carbonyl (C=O) groups excluding carboxylic acids is 1. The predicted octanol–water partition coefficient (Wildman–Crippen LogP) is 4.11. The largest absolute Gasteiger partial charge is 0.367 e. The number of piperazine rings is 1. The summed E-state index contributed by atoms with van der Waals surface area (Å²) >= 11 is 1.65. The first kappa shape index (κ1) is 18.8. The van der Waals surface area contributed by atoms with Crippen molar-refractivity contribution in [1.82, 2.24) is 4.90 Å². The molecule has 0 atom stereocenters. The molecule has 0 radical (unpaired) electrons. The third-order valence-electron chi connectivity index (χ3n) is 5.00. The number of hydrogen-bond acceptors (Lipinski definition) is 4. The Morgan fingerprint density at radius 1 is 1.12 bits per heavy atom. The van der Waals surface area contributed by atoms with Crippen LogP contribution in [0.5, 0.6) is 0 Å². The van der Waals surface area contributed by atoms with Crippen LogP contribution in [0.4, 0.5) is 11.4 Å². The lowest BCUT2D eigenvalue weighted by Crippen LogP contribution is -2.46. The van der Waals surface area contributed by atoms with Gasteiger partial charge in [-0.05, 0) is 49.6 Å². The summed E-state index contributed by atoms with van der Waals surface area (Å²) in [5, 5.41) is 3.14. The summed E-state index contributed by atoms with van der Waals surface area (Å²) in [6.07, 6.45) is 2.03. The average molecular weight is 370 g/mol. The van der Waals surface area contributed by atoms with E-state index >= 15 is 0 Å². The number of amides is 1. The summed E-state index contributed by atoms with van der Waals surface area (Å²) < 4.78 is 0. The van der Waals surface area contributed by atoms with Gasteiger partial charge in [-0.15, -0.1) is 11.8 Å². The molecule has 5 heteroatoms. The third-order valence-corrected chi connectivity index (χ3v) is 5.73. The maximum Gasteiger partial charge on any atom is 0.256 e. The third kappa shape index (κ3) is 4.22. The van der Waals surface area contributed by atoms with Gasteiger partial charge in [0.2, 0.25) is 0 Å². The number of benzene rings is 2. The molecule has 2 aromatic rings. The number of para-hydroxylation sites is 2. The minimum absolute atomic E-state index is 0.0435. The molecular formula is C21H27N3OS. The molecule has 1 fully saturated rings. The SMILES string of the molecule is CCN1CCN(c2ccccc2NC(=O)c2cc(SC)ccc2C)CC1. The number of thioether (sulfide) groups is 1. The van der Waals surface area contributed by atoms with Crippen molar-refractivity contribution in [2.45, 2.75) is 18.7 Å². The lowest BCUT2D eigenvalue weighted by Gasteiger charge is -2.36. The second kappa shape index (κ2) is 8.60. The van der Waals surface area contributed by atoms with Gasteiger partial charge >= 0.3 is 0 Å². The van der Waals surface area contributed by atoms with Gasteiger partial charge in [-0.3, -0.25) is 4.79 Å². The van der Waals surface area contributed by atoms with Gasteiger partial charge in [-0.2, -0.15) is 0 Å². The Labute approximate surface area is 160 Å². The molecule has 1 aliphatic rings. The van der Waals surface area contributed by atoms with E-state index in [1.165, 1.54) is 0 Å². The number of nitrogens with one attached hydrogen (secondary N) is 1. The Hall–Kier alpha value is -1.98. The van der Waals surface area contributed by atoms with Crippen molar-refractivity contribution >= 4 is 29.0 Å². The van der Waals surface area contributed by atoms with Crippen molar-refractivity contribution in [1.29, 1.82) is 0 Å². The van der Waals surface area contributed by atoms with Crippen LogP contribution in [0.15, 0.2) is 47.4 Å². The standard InChI is InChI=1S/C21H27N3OS/c1-4-23-11-13-24(14-12-23)20-8-6-5-7-19(20)22-21(25)18-15-17(26-3)10-9-16(18)2/h5-10,15H,4,11-14H2,1-3H3,(H,22,25). The fraction of sp³-hybridized carbons (Fsp3) is 0.381. The van der Waals surface area contributed by atoms with E-state index in [1.54, 1.807) is 11.8 Å². The molecule has 1 N–H and O–H groups in total. The minimum atomic E-state index is -0.0435. The average Bonchev–Trinajstić information content (AvgIpc) is 2.69. The molecule has 1 aliphatic heterocycles. The van der Waals surface area contributed by atoms with Crippen LogP contribution in [0.3, 0.4) is 0 Å². The molecular weight excluding hydrogens is 342 g/mol. The Morgan fingerprint density at radius 2 is 1.85 bits per heavy atom. The first-order chi connectivity index (χ1) is 12.6. The summed E-state index contributed by atoms with van der Waals surface area (Å²) in [4.78, 5) is 18.8. The van der Waals surface area contributed by atoms with E-state index in [2.05, 4.69) is 34.2 Å². The van der Waals surface area contributed by atoms with Crippen molar-refractivity contribution in [2.75, 3.05) is 49.2 Å². The highest BCUT2D eigenvalue weighted by Gasteiger charge is 2.19. The minimum Gasteiger partial charge on any atom is -0.367 e. The molecule has 1 heterocycles. The predicted molar refractivity (Wildman–Crippen MR) is 112 cm³/mol. The van der Waals surface area contributed by atoms with Crippen LogP contribution in [0.2, 0.25) is 0 Å². The maximum atomic E-state index is 12.9. The van der Waals surface area contributed by atoms with Gasteiger partial charge in [-0.1, -0.05) is 25.1 Å². The fourth-order valence-electron chi connectivity index (χ4n) is 3.32. The highest BCUT2D eigenvalue weighted by Crippen LogP contribution is 2.28. The van der Waals surface area contributed by atoms with E-state index < -0.39 is 0 Å². The zero-order chi connectivity index (χ0) is 18.5. The summed E-state index contributed by atoms with van der Waals surface area (Å²) in [7, 11) is 0. The van der Waals surface area contributed by atoms with Crippen LogP contribution < -0.4 is 10.2 Å². The molecule has 1 saturated heterocycles. The second-order valence-corrected chi connectivity index (χ2v) is 7.45. The number of hydrogen-bond donors (Lipinski definition) is 1. The van der Waals surface area contributed by atoms with Crippen LogP contribution in [0, 0.1) is 6.92 Å². The Morgan fingerprint density at radius 3 is 2.54 bits per heavy atom. The van der Waals surface area contributed by atoms with Crippen molar-refractivity contribution in [2.24, 2.45) is 0 Å². The first-order valence-electron chi connectivity index (χ1n) is 9.14. The number of anilines is 2. The van der Waals surface area contributed by atoms with Gasteiger partial charge in [-0.25, -0.2) is 0 Å². The quantitative estimate of drug-likeness (QED) is 0.805. The van der Waals surface area contributed by atoms with Gasteiger partial charge in [0, 0.05) is 36.6 Å². The molecule has 3 rings (SSSR count). The zero-order valence-corrected chi connectivity index (χ0v) is 16.6. The molecule has 0 bridgehead atoms. The lowest BCUT2D eigenvalue weighted by molar-refractivity contribution is 0.102. The van der Waals surface area contributed by atoms with Crippen LogP contribution in [0.25, 0.3) is 0 Å². The molecule has 26 heavy (non-hydrogen) atoms. The van der Waals surface area contributed by atoms with E-state index in [0.717, 1.165) is 60.1 Å². The summed E-state index contributed by atoms with van der Waals surface area (Å²) in [6, 6.07) is 14.1. The molecule has 0 unspecified atom stereocenters. The van der Waals surface area contributed by atoms with Crippen molar-refractivity contribution in [3.63, 3.8) is 0 Å². The monoisotopic (exact) mass is 369 g/mol. The maximum absolute atomic E-state index is 12.9. The molecule has 1 amide bonds. The molecule has 0 spiro atoms. The van der Waals surface area contributed by atoms with E-state index in [1.807, 2.05) is 43.5 Å². The van der Waals surface area contributed by atoms with Gasteiger partial charge in [0.05, 0.1) is 11.4 Å². The molecule has 0 aromatic heterocycles. The van der Waals surface area contributed by atoms with E-state index in [9.17, 15) is 4.79 Å². The van der Waals surface area contributed by atoms with Crippen molar-refractivity contribution < 1.29 is 4.79 Å². The topological polar surface area (TPSA) is 35.6 Å². The van der Waals surface area contributed by atoms with Crippen LogP contribution in [-0.2, 0) is 0 Å². The van der Waals surface area contributed by atoms with Gasteiger partial charge in [0.1, 0.15) is 0 Å². The van der Waals surface area contributed by atoms with E-state index in [4.69, 9.17) is 0 Å². The van der Waals surface area contributed by atoms with Crippen molar-refractivity contribution in [3.05, 3.63) is 53.6 Å². The van der Waals surface area contributed by atoms with Gasteiger partial charge in [0.25, 0.3) is 5.91 Å². The Bertz CT molecular complexity index is 770.